The maximum Gasteiger partial charge on any atom is 0.522 e. The van der Waals surface area contributed by atoms with Crippen LogP contribution in [0.5, 0.6) is 0 Å². The van der Waals surface area contributed by atoms with Crippen LogP contribution in [0.25, 0.3) is 11.1 Å². The SMILES string of the molecule is N#Cc1ccc(Cl)cc1-c1cc(=O)n(C(CCOC(F)(F)F)C(=O)Cc2ccc(C(=O)O)cc2)cc1Cl. The Labute approximate surface area is 218 Å². The molecule has 0 aliphatic heterocycles. The van der Waals surface area contributed by atoms with Crippen LogP contribution in [0.2, 0.25) is 10.0 Å². The van der Waals surface area contributed by atoms with Crippen molar-refractivity contribution in [2.24, 2.45) is 0 Å². The van der Waals surface area contributed by atoms with E-state index in [1.165, 1.54) is 42.5 Å². The third-order valence-corrected chi connectivity index (χ3v) is 5.90. The molecule has 1 N–H and O–H groups in total. The highest BCUT2D eigenvalue weighted by Crippen LogP contribution is 2.32. The van der Waals surface area contributed by atoms with E-state index in [0.29, 0.717) is 5.56 Å². The third kappa shape index (κ3) is 7.20. The monoisotopic (exact) mass is 552 g/mol. The molecule has 1 heterocycles. The van der Waals surface area contributed by atoms with E-state index >= 15 is 0 Å². The lowest BCUT2D eigenvalue weighted by Crippen LogP contribution is -2.32. The fourth-order valence-electron chi connectivity index (χ4n) is 3.63. The van der Waals surface area contributed by atoms with Gasteiger partial charge in [0.25, 0.3) is 5.56 Å². The number of alkyl halides is 3. The number of carboxylic acids is 1. The minimum atomic E-state index is -4.94. The van der Waals surface area contributed by atoms with Crippen LogP contribution in [0.3, 0.4) is 0 Å². The lowest BCUT2D eigenvalue weighted by atomic mass is 9.99. The molecule has 7 nitrogen and oxygen atoms in total. The summed E-state index contributed by atoms with van der Waals surface area (Å²) in [6, 6.07) is 11.4. The minimum absolute atomic E-state index is 0.0114. The Morgan fingerprint density at radius 2 is 1.76 bits per heavy atom. The largest absolute Gasteiger partial charge is 0.522 e. The molecule has 2 aromatic carbocycles. The number of ether oxygens (including phenoxy) is 1. The predicted molar refractivity (Wildman–Crippen MR) is 129 cm³/mol. The van der Waals surface area contributed by atoms with Crippen LogP contribution in [-0.4, -0.2) is 34.4 Å². The minimum Gasteiger partial charge on any atom is -0.478 e. The molecule has 1 unspecified atom stereocenters. The average molecular weight is 553 g/mol. The number of nitriles is 1. The molecule has 0 bridgehead atoms. The van der Waals surface area contributed by atoms with Gasteiger partial charge in [-0.25, -0.2) is 4.79 Å². The van der Waals surface area contributed by atoms with Crippen LogP contribution in [0.4, 0.5) is 13.2 Å². The second kappa shape index (κ2) is 11.6. The summed E-state index contributed by atoms with van der Waals surface area (Å²) in [7, 11) is 0. The highest BCUT2D eigenvalue weighted by molar-refractivity contribution is 6.33. The van der Waals surface area contributed by atoms with Gasteiger partial charge in [0.15, 0.2) is 5.78 Å². The summed E-state index contributed by atoms with van der Waals surface area (Å²) in [5, 5.41) is 18.6. The van der Waals surface area contributed by atoms with Crippen LogP contribution < -0.4 is 5.56 Å². The first-order chi connectivity index (χ1) is 17.4. The summed E-state index contributed by atoms with van der Waals surface area (Å²) in [5.74, 6) is -1.79. The molecule has 1 aromatic heterocycles. The molecule has 0 aliphatic carbocycles. The number of hydrogen-bond acceptors (Lipinski definition) is 5. The molecule has 12 heteroatoms. The van der Waals surface area contributed by atoms with Crippen LogP contribution >= 0.6 is 23.2 Å². The van der Waals surface area contributed by atoms with Crippen molar-refractivity contribution in [3.05, 3.63) is 91.8 Å². The number of halogens is 5. The summed E-state index contributed by atoms with van der Waals surface area (Å²) in [6.45, 7) is -0.906. The smallest absolute Gasteiger partial charge is 0.478 e. The quantitative estimate of drug-likeness (QED) is 0.366. The van der Waals surface area contributed by atoms with Crippen LogP contribution in [0, 0.1) is 11.3 Å². The average Bonchev–Trinajstić information content (AvgIpc) is 2.83. The molecular formula is C25H17Cl2F3N2O5. The topological polar surface area (TPSA) is 109 Å². The van der Waals surface area contributed by atoms with Crippen molar-refractivity contribution in [3.63, 3.8) is 0 Å². The van der Waals surface area contributed by atoms with E-state index in [1.807, 2.05) is 6.07 Å². The number of pyridine rings is 1. The van der Waals surface area contributed by atoms with E-state index in [1.54, 1.807) is 0 Å². The molecule has 0 fully saturated rings. The van der Waals surface area contributed by atoms with Crippen molar-refractivity contribution in [2.45, 2.75) is 25.2 Å². The van der Waals surface area contributed by atoms with E-state index < -0.39 is 42.7 Å². The number of Topliss-reactive ketones (excluding diaryl/α,β-unsaturated/α-hetero) is 1. The molecule has 37 heavy (non-hydrogen) atoms. The van der Waals surface area contributed by atoms with Crippen LogP contribution in [-0.2, 0) is 16.0 Å². The molecule has 1 atom stereocenters. The molecule has 0 saturated carbocycles. The second-order valence-electron chi connectivity index (χ2n) is 7.83. The summed E-state index contributed by atoms with van der Waals surface area (Å²) in [5.41, 5.74) is 0.233. The van der Waals surface area contributed by atoms with Gasteiger partial charge in [0, 0.05) is 34.8 Å². The first-order valence-corrected chi connectivity index (χ1v) is 11.3. The van der Waals surface area contributed by atoms with Crippen molar-refractivity contribution in [1.29, 1.82) is 5.26 Å². The van der Waals surface area contributed by atoms with E-state index in [2.05, 4.69) is 4.74 Å². The first-order valence-electron chi connectivity index (χ1n) is 10.6. The van der Waals surface area contributed by atoms with E-state index in [9.17, 15) is 32.8 Å². The number of carbonyl (C=O) groups excluding carboxylic acids is 1. The zero-order valence-electron chi connectivity index (χ0n) is 18.8. The molecule has 3 rings (SSSR count). The fraction of sp³-hybridized carbons (Fsp3) is 0.200. The number of carbonyl (C=O) groups is 2. The van der Waals surface area contributed by atoms with Crippen LogP contribution in [0.1, 0.15) is 33.9 Å². The number of nitrogens with zero attached hydrogens (tertiary/aromatic N) is 2. The molecule has 0 spiro atoms. The number of hydrogen-bond donors (Lipinski definition) is 1. The first kappa shape index (κ1) is 27.9. The molecule has 0 amide bonds. The molecule has 0 aliphatic rings. The highest BCUT2D eigenvalue weighted by Gasteiger charge is 2.31. The maximum atomic E-state index is 13.1. The number of aromatic carboxylic acids is 1. The number of ketones is 1. The summed E-state index contributed by atoms with van der Waals surface area (Å²) in [6.07, 6.45) is -4.62. The van der Waals surface area contributed by atoms with E-state index in [0.717, 1.165) is 16.8 Å². The maximum absolute atomic E-state index is 13.1. The lowest BCUT2D eigenvalue weighted by Gasteiger charge is -2.21. The third-order valence-electron chi connectivity index (χ3n) is 5.37. The molecule has 0 radical (unpaired) electrons. The normalized spacial score (nSPS) is 12.1. The van der Waals surface area contributed by atoms with Gasteiger partial charge in [0.1, 0.15) is 0 Å². The van der Waals surface area contributed by atoms with Gasteiger partial charge < -0.3 is 9.67 Å². The second-order valence-corrected chi connectivity index (χ2v) is 8.67. The zero-order valence-corrected chi connectivity index (χ0v) is 20.3. The molecular weight excluding hydrogens is 536 g/mol. The van der Waals surface area contributed by atoms with Crippen molar-refractivity contribution in [3.8, 4) is 17.2 Å². The van der Waals surface area contributed by atoms with Crippen molar-refractivity contribution < 1.29 is 32.6 Å². The number of benzene rings is 2. The summed E-state index contributed by atoms with van der Waals surface area (Å²) >= 11 is 12.4. The molecule has 0 saturated heterocycles. The Bertz CT molecular complexity index is 1430. The van der Waals surface area contributed by atoms with Gasteiger partial charge in [0.05, 0.1) is 34.9 Å². The Balaban J connectivity index is 1.99. The Morgan fingerprint density at radius 3 is 2.35 bits per heavy atom. The van der Waals surface area contributed by atoms with Gasteiger partial charge in [-0.2, -0.15) is 5.26 Å². The van der Waals surface area contributed by atoms with Crippen LogP contribution in [0.15, 0.2) is 59.5 Å². The van der Waals surface area contributed by atoms with Gasteiger partial charge in [-0.15, -0.1) is 13.2 Å². The van der Waals surface area contributed by atoms with Crippen molar-refractivity contribution in [1.82, 2.24) is 4.57 Å². The van der Waals surface area contributed by atoms with Gasteiger partial charge in [-0.3, -0.25) is 14.3 Å². The molecule has 192 valence electrons. The summed E-state index contributed by atoms with van der Waals surface area (Å²) in [4.78, 5) is 37.2. The van der Waals surface area contributed by atoms with Gasteiger partial charge in [-0.1, -0.05) is 35.3 Å². The van der Waals surface area contributed by atoms with Crippen molar-refractivity contribution >= 4 is 35.0 Å². The van der Waals surface area contributed by atoms with Gasteiger partial charge >= 0.3 is 12.3 Å². The zero-order chi connectivity index (χ0) is 27.3. The van der Waals surface area contributed by atoms with E-state index in [4.69, 9.17) is 28.3 Å². The molecule has 3 aromatic rings. The highest BCUT2D eigenvalue weighted by atomic mass is 35.5. The lowest BCUT2D eigenvalue weighted by molar-refractivity contribution is -0.325. The predicted octanol–water partition coefficient (Wildman–Crippen LogP) is 5.67. The summed E-state index contributed by atoms with van der Waals surface area (Å²) < 4.78 is 42.4. The van der Waals surface area contributed by atoms with E-state index in [-0.39, 0.29) is 38.7 Å². The number of aromatic nitrogens is 1. The number of carboxylic acid groups (broad SMARTS) is 1. The Morgan fingerprint density at radius 1 is 1.08 bits per heavy atom. The standard InChI is InChI=1S/C25H17Cl2F3N2O5/c26-17-6-5-16(12-31)18(10-17)19-11-23(34)32(13-20(19)27)21(7-8-37-25(28,29)30)22(33)9-14-1-3-15(4-2-14)24(35)36/h1-6,10-11,13,21H,7-9H2,(H,35,36). The van der Waals surface area contributed by atoms with Gasteiger partial charge in [0.2, 0.25) is 0 Å². The Kier molecular flexibility index (Phi) is 8.76. The fourth-order valence-corrected chi connectivity index (χ4v) is 4.07. The number of rotatable bonds is 9. The van der Waals surface area contributed by atoms with Crippen molar-refractivity contribution in [2.75, 3.05) is 6.61 Å². The van der Waals surface area contributed by atoms with Gasteiger partial charge in [-0.05, 0) is 42.3 Å². The Hall–Kier alpha value is -3.65.